The van der Waals surface area contributed by atoms with Gasteiger partial charge in [-0.2, -0.15) is 0 Å². The number of fused-ring (bicyclic) bond motifs is 1. The first-order chi connectivity index (χ1) is 13.4. The highest BCUT2D eigenvalue weighted by Gasteiger charge is 2.42. The Morgan fingerprint density at radius 2 is 2.11 bits per heavy atom. The quantitative estimate of drug-likeness (QED) is 0.830. The third-order valence-electron chi connectivity index (χ3n) is 6.07. The summed E-state index contributed by atoms with van der Waals surface area (Å²) in [5.74, 6) is 0.369. The second kappa shape index (κ2) is 7.60. The zero-order chi connectivity index (χ0) is 19.8. The standard InChI is InChI=1S/C20H25FN4O3/c1-11-15(12(2)28-24-11)10-25-8-13-6-17(18(26)7-14(13)9-25)23-20(27)19-16(21)4-3-5-22-19/h3-5,13-14,17-18,26H,6-10H2,1-2H3,(H,23,27)/t13-,14+,17-,18-/m0/s1. The maximum Gasteiger partial charge on any atom is 0.273 e. The molecular formula is C20H25FN4O3. The summed E-state index contributed by atoms with van der Waals surface area (Å²) < 4.78 is 19.1. The SMILES string of the molecule is Cc1noc(C)c1CN1C[C@H]2C[C@H](O)[C@@H](NC(=O)c3ncccc3F)C[C@H]2C1. The summed E-state index contributed by atoms with van der Waals surface area (Å²) in [7, 11) is 0. The van der Waals surface area contributed by atoms with Gasteiger partial charge in [-0.05, 0) is 50.7 Å². The summed E-state index contributed by atoms with van der Waals surface area (Å²) in [6.45, 7) is 6.44. The lowest BCUT2D eigenvalue weighted by Crippen LogP contribution is -2.49. The minimum Gasteiger partial charge on any atom is -0.391 e. The molecule has 4 atom stereocenters. The topological polar surface area (TPSA) is 91.5 Å². The van der Waals surface area contributed by atoms with E-state index in [0.29, 0.717) is 24.7 Å². The molecule has 1 saturated heterocycles. The first-order valence-electron chi connectivity index (χ1n) is 9.66. The number of nitrogens with one attached hydrogen (secondary N) is 1. The Bertz CT molecular complexity index is 851. The van der Waals surface area contributed by atoms with Crippen LogP contribution >= 0.6 is 0 Å². The van der Waals surface area contributed by atoms with Crippen molar-refractivity contribution >= 4 is 5.91 Å². The van der Waals surface area contributed by atoms with Crippen molar-refractivity contribution in [3.8, 4) is 0 Å². The summed E-state index contributed by atoms with van der Waals surface area (Å²) in [5, 5.41) is 17.3. The number of aryl methyl sites for hydroxylation is 2. The monoisotopic (exact) mass is 388 g/mol. The van der Waals surface area contributed by atoms with E-state index in [2.05, 4.69) is 20.4 Å². The van der Waals surface area contributed by atoms with Crippen LogP contribution in [-0.4, -0.2) is 51.3 Å². The number of likely N-dealkylation sites (tertiary alicyclic amines) is 1. The predicted molar refractivity (Wildman–Crippen MR) is 98.9 cm³/mol. The molecule has 7 nitrogen and oxygen atoms in total. The fourth-order valence-electron chi connectivity index (χ4n) is 4.55. The molecule has 2 fully saturated rings. The van der Waals surface area contributed by atoms with E-state index in [9.17, 15) is 14.3 Å². The van der Waals surface area contributed by atoms with Crippen molar-refractivity contribution in [2.45, 2.75) is 45.4 Å². The smallest absolute Gasteiger partial charge is 0.273 e. The Morgan fingerprint density at radius 3 is 2.79 bits per heavy atom. The molecule has 0 aromatic carbocycles. The molecule has 1 amide bonds. The van der Waals surface area contributed by atoms with Crippen molar-refractivity contribution in [1.82, 2.24) is 20.4 Å². The molecule has 2 aliphatic rings. The number of amides is 1. The minimum absolute atomic E-state index is 0.233. The van der Waals surface area contributed by atoms with Gasteiger partial charge in [-0.3, -0.25) is 9.69 Å². The van der Waals surface area contributed by atoms with Crippen LogP contribution in [0.3, 0.4) is 0 Å². The number of aliphatic hydroxyl groups excluding tert-OH is 1. The molecule has 1 aliphatic carbocycles. The number of carbonyl (C=O) groups excluding carboxylic acids is 1. The second-order valence-corrected chi connectivity index (χ2v) is 7.97. The van der Waals surface area contributed by atoms with Gasteiger partial charge in [-0.15, -0.1) is 0 Å². The Hall–Kier alpha value is -2.32. The first-order valence-corrected chi connectivity index (χ1v) is 9.66. The zero-order valence-electron chi connectivity index (χ0n) is 16.1. The highest BCUT2D eigenvalue weighted by atomic mass is 19.1. The van der Waals surface area contributed by atoms with Crippen molar-refractivity contribution in [2.24, 2.45) is 11.8 Å². The molecular weight excluding hydrogens is 363 g/mol. The van der Waals surface area contributed by atoms with Crippen LogP contribution in [0.25, 0.3) is 0 Å². The molecule has 0 bridgehead atoms. The Labute approximate surface area is 162 Å². The van der Waals surface area contributed by atoms with Gasteiger partial charge in [0.15, 0.2) is 11.5 Å². The number of aromatic nitrogens is 2. The van der Waals surface area contributed by atoms with Gasteiger partial charge < -0.3 is 14.9 Å². The van der Waals surface area contributed by atoms with Crippen LogP contribution in [0.5, 0.6) is 0 Å². The number of hydrogen-bond donors (Lipinski definition) is 2. The molecule has 4 rings (SSSR count). The summed E-state index contributed by atoms with van der Waals surface area (Å²) in [6.07, 6.45) is 2.04. The Kier molecular flexibility index (Phi) is 5.16. The predicted octanol–water partition coefficient (Wildman–Crippen LogP) is 1.83. The molecule has 0 unspecified atom stereocenters. The van der Waals surface area contributed by atoms with Gasteiger partial charge in [0.25, 0.3) is 5.91 Å². The van der Waals surface area contributed by atoms with E-state index < -0.39 is 23.9 Å². The molecule has 28 heavy (non-hydrogen) atoms. The van der Waals surface area contributed by atoms with Crippen molar-refractivity contribution in [2.75, 3.05) is 13.1 Å². The van der Waals surface area contributed by atoms with Gasteiger partial charge in [0.2, 0.25) is 0 Å². The van der Waals surface area contributed by atoms with Crippen molar-refractivity contribution in [1.29, 1.82) is 0 Å². The normalized spacial score (nSPS) is 27.6. The molecule has 2 aromatic heterocycles. The number of rotatable bonds is 4. The van der Waals surface area contributed by atoms with Crippen LogP contribution in [0.15, 0.2) is 22.9 Å². The van der Waals surface area contributed by atoms with Gasteiger partial charge in [0.05, 0.1) is 17.8 Å². The average molecular weight is 388 g/mol. The number of pyridine rings is 1. The van der Waals surface area contributed by atoms with Crippen molar-refractivity contribution < 1.29 is 18.8 Å². The number of hydrogen-bond acceptors (Lipinski definition) is 6. The van der Waals surface area contributed by atoms with E-state index in [1.807, 2.05) is 13.8 Å². The van der Waals surface area contributed by atoms with E-state index in [0.717, 1.165) is 36.7 Å². The van der Waals surface area contributed by atoms with Crippen LogP contribution in [-0.2, 0) is 6.54 Å². The van der Waals surface area contributed by atoms with Crippen LogP contribution in [0, 0.1) is 31.5 Å². The lowest BCUT2D eigenvalue weighted by atomic mass is 9.77. The average Bonchev–Trinajstić information content (AvgIpc) is 3.19. The maximum absolute atomic E-state index is 13.8. The fourth-order valence-corrected chi connectivity index (χ4v) is 4.55. The number of nitrogens with zero attached hydrogens (tertiary/aromatic N) is 3. The molecule has 150 valence electrons. The molecule has 0 radical (unpaired) electrons. The highest BCUT2D eigenvalue weighted by molar-refractivity contribution is 5.92. The summed E-state index contributed by atoms with van der Waals surface area (Å²) in [6, 6.07) is 2.26. The fraction of sp³-hybridized carbons (Fsp3) is 0.550. The van der Waals surface area contributed by atoms with Gasteiger partial charge in [0, 0.05) is 31.4 Å². The van der Waals surface area contributed by atoms with Crippen LogP contribution in [0.2, 0.25) is 0 Å². The summed E-state index contributed by atoms with van der Waals surface area (Å²) in [5.41, 5.74) is 1.80. The summed E-state index contributed by atoms with van der Waals surface area (Å²) >= 11 is 0. The highest BCUT2D eigenvalue weighted by Crippen LogP contribution is 2.37. The van der Waals surface area contributed by atoms with E-state index in [1.54, 1.807) is 0 Å². The van der Waals surface area contributed by atoms with Crippen LogP contribution in [0.1, 0.15) is 40.3 Å². The second-order valence-electron chi connectivity index (χ2n) is 7.97. The van der Waals surface area contributed by atoms with E-state index in [4.69, 9.17) is 4.52 Å². The zero-order valence-corrected chi connectivity index (χ0v) is 16.1. The molecule has 0 spiro atoms. The largest absolute Gasteiger partial charge is 0.391 e. The van der Waals surface area contributed by atoms with E-state index in [1.165, 1.54) is 18.3 Å². The van der Waals surface area contributed by atoms with Gasteiger partial charge in [0.1, 0.15) is 5.76 Å². The lowest BCUT2D eigenvalue weighted by Gasteiger charge is -2.35. The number of aliphatic hydroxyl groups is 1. The van der Waals surface area contributed by atoms with Gasteiger partial charge >= 0.3 is 0 Å². The number of carbonyl (C=O) groups is 1. The molecule has 2 aromatic rings. The van der Waals surface area contributed by atoms with Crippen LogP contribution < -0.4 is 5.32 Å². The van der Waals surface area contributed by atoms with E-state index >= 15 is 0 Å². The number of halogens is 1. The molecule has 1 saturated carbocycles. The molecule has 3 heterocycles. The third-order valence-corrected chi connectivity index (χ3v) is 6.07. The third kappa shape index (κ3) is 3.66. The van der Waals surface area contributed by atoms with Crippen molar-refractivity contribution in [3.63, 3.8) is 0 Å². The summed E-state index contributed by atoms with van der Waals surface area (Å²) in [4.78, 5) is 18.5. The Balaban J connectivity index is 1.39. The van der Waals surface area contributed by atoms with Crippen molar-refractivity contribution in [3.05, 3.63) is 46.9 Å². The van der Waals surface area contributed by atoms with Crippen LogP contribution in [0.4, 0.5) is 4.39 Å². The lowest BCUT2D eigenvalue weighted by molar-refractivity contribution is 0.0458. The molecule has 2 N–H and O–H groups in total. The minimum atomic E-state index is -0.658. The Morgan fingerprint density at radius 1 is 1.36 bits per heavy atom. The molecule has 1 aliphatic heterocycles. The molecule has 8 heteroatoms. The van der Waals surface area contributed by atoms with Gasteiger partial charge in [-0.25, -0.2) is 9.37 Å². The first kappa shape index (κ1) is 19.0. The van der Waals surface area contributed by atoms with E-state index in [-0.39, 0.29) is 5.69 Å². The maximum atomic E-state index is 13.8. The van der Waals surface area contributed by atoms with Gasteiger partial charge in [-0.1, -0.05) is 5.16 Å².